The largest absolute Gasteiger partial charge is 0.412 e. The van der Waals surface area contributed by atoms with Crippen LogP contribution in [0, 0.1) is 21.7 Å². The zero-order valence-electron chi connectivity index (χ0n) is 23.8. The molecule has 6 unspecified atom stereocenters. The van der Waals surface area contributed by atoms with E-state index in [1.54, 1.807) is 0 Å². The molecule has 240 valence electrons. The van der Waals surface area contributed by atoms with Crippen molar-refractivity contribution in [3.05, 3.63) is 0 Å². The highest BCUT2D eigenvalue weighted by Gasteiger charge is 2.58. The Kier molecular flexibility index (Phi) is 11.1. The quantitative estimate of drug-likeness (QED) is 0.0824. The highest BCUT2D eigenvalue weighted by Crippen LogP contribution is 2.54. The molecule has 6 heterocycles. The van der Waals surface area contributed by atoms with Crippen molar-refractivity contribution < 1.29 is 64.5 Å². The fourth-order valence-electron chi connectivity index (χ4n) is 6.82. The zero-order chi connectivity index (χ0) is 28.4. The van der Waals surface area contributed by atoms with E-state index in [4.69, 9.17) is 28.4 Å². The minimum absolute atomic E-state index is 0. The van der Waals surface area contributed by atoms with Crippen molar-refractivity contribution in [2.45, 2.75) is 75.1 Å². The lowest BCUT2D eigenvalue weighted by atomic mass is 9.58. The number of hydrogen-bond acceptors (Lipinski definition) is 12. The topological polar surface area (TPSA) is 228 Å². The number of aliphatic hydroxyl groups excluding tert-OH is 6. The molecule has 6 aliphatic heterocycles. The molecule has 0 spiro atoms. The summed E-state index contributed by atoms with van der Waals surface area (Å²) < 4.78 is 31.9. The third kappa shape index (κ3) is 7.96. The molecular weight excluding hydrogens is 544 g/mol. The van der Waals surface area contributed by atoms with Crippen molar-refractivity contribution in [2.24, 2.45) is 21.7 Å². The molecule has 6 atom stereocenters. The van der Waals surface area contributed by atoms with Crippen LogP contribution in [0.4, 0.5) is 0 Å². The molecule has 6 fully saturated rings. The van der Waals surface area contributed by atoms with Gasteiger partial charge in [0.1, 0.15) is 0 Å². The first kappa shape index (κ1) is 33.4. The molecule has 0 bridgehead atoms. The minimum Gasteiger partial charge on any atom is -0.412 e. The normalized spacial score (nSPS) is 33.8. The summed E-state index contributed by atoms with van der Waals surface area (Å²) in [6.07, 6.45) is 4.40. The van der Waals surface area contributed by atoms with Crippen LogP contribution in [0.5, 0.6) is 0 Å². The maximum absolute atomic E-state index is 10.1. The van der Waals surface area contributed by atoms with E-state index in [1.807, 2.05) is 0 Å². The van der Waals surface area contributed by atoms with Crippen LogP contribution in [0.3, 0.4) is 0 Å². The van der Waals surface area contributed by atoms with E-state index in [0.29, 0.717) is 78.2 Å². The van der Waals surface area contributed by atoms with E-state index >= 15 is 0 Å². The number of rotatable bonds is 20. The molecule has 41 heavy (non-hydrogen) atoms. The van der Waals surface area contributed by atoms with Crippen molar-refractivity contribution in [1.82, 2.24) is 0 Å². The molecule has 6 saturated heterocycles. The second-order valence-electron chi connectivity index (χ2n) is 13.0. The van der Waals surface area contributed by atoms with E-state index in [-0.39, 0.29) is 81.7 Å². The summed E-state index contributed by atoms with van der Waals surface area (Å²) in [6.45, 7) is 3.30. The van der Waals surface area contributed by atoms with Gasteiger partial charge in [-0.3, -0.25) is 0 Å². The number of hydrogen-bond donors (Lipinski definition) is 6. The van der Waals surface area contributed by atoms with Gasteiger partial charge >= 0.3 is 0 Å². The van der Waals surface area contributed by atoms with Crippen LogP contribution in [0.1, 0.15) is 38.5 Å². The Morgan fingerprint density at radius 3 is 0.610 bits per heavy atom. The van der Waals surface area contributed by atoms with Crippen molar-refractivity contribution in [1.29, 1.82) is 0 Å². The van der Waals surface area contributed by atoms with E-state index in [9.17, 15) is 30.6 Å². The van der Waals surface area contributed by atoms with Crippen molar-refractivity contribution in [3.63, 3.8) is 0 Å². The monoisotopic (exact) mass is 594 g/mol. The van der Waals surface area contributed by atoms with Gasteiger partial charge in [-0.25, -0.2) is 0 Å². The van der Waals surface area contributed by atoms with Gasteiger partial charge in [-0.15, -0.1) is 0 Å². The first-order valence-electron chi connectivity index (χ1n) is 14.7. The first-order chi connectivity index (χ1) is 19.3. The van der Waals surface area contributed by atoms with Crippen molar-refractivity contribution in [3.8, 4) is 0 Å². The molecule has 0 aliphatic carbocycles. The zero-order valence-corrected chi connectivity index (χ0v) is 23.8. The second-order valence-corrected chi connectivity index (χ2v) is 13.0. The smallest absolute Gasteiger partial charge is 0.0817 e. The van der Waals surface area contributed by atoms with E-state index < -0.39 is 21.7 Å². The Hall–Kier alpha value is -0.520. The van der Waals surface area contributed by atoms with Crippen LogP contribution < -0.4 is 0 Å². The Balaban J connectivity index is 0.000000184. The SMILES string of the molecule is O.OCC(CO)(CC1CO1)C(CO)(CC1CO1)CC1CO1.OCC(CO)(CC1CO1)C(CO)(CC1CO1)CC1CO1. The molecule has 0 aromatic heterocycles. The summed E-state index contributed by atoms with van der Waals surface area (Å²) >= 11 is 0. The standard InChI is InChI=1S/2C14H24O6.H2O/c2*15-7-13(1-10-4-18-10,2-11-5-19-11)14(8-16,9-17)3-12-6-20-12;/h2*10-12,15-17H,1-9H2;1H2. The summed E-state index contributed by atoms with van der Waals surface area (Å²) in [6, 6.07) is 0. The van der Waals surface area contributed by atoms with Crippen LogP contribution in [0.2, 0.25) is 0 Å². The lowest BCUT2D eigenvalue weighted by Crippen LogP contribution is -2.52. The van der Waals surface area contributed by atoms with E-state index in [1.165, 1.54) is 0 Å². The minimum atomic E-state index is -0.749. The summed E-state index contributed by atoms with van der Waals surface area (Å²) in [4.78, 5) is 0. The Labute approximate surface area is 240 Å². The second kappa shape index (κ2) is 13.6. The number of aliphatic hydroxyl groups is 6. The van der Waals surface area contributed by atoms with E-state index in [0.717, 1.165) is 0 Å². The van der Waals surface area contributed by atoms with E-state index in [2.05, 4.69) is 0 Å². The van der Waals surface area contributed by atoms with Crippen molar-refractivity contribution >= 4 is 0 Å². The predicted molar refractivity (Wildman–Crippen MR) is 142 cm³/mol. The fourth-order valence-corrected chi connectivity index (χ4v) is 6.82. The molecule has 0 aromatic rings. The highest BCUT2D eigenvalue weighted by molar-refractivity contribution is 5.06. The van der Waals surface area contributed by atoms with Crippen LogP contribution in [-0.4, -0.2) is 152 Å². The molecule has 13 heteroatoms. The summed E-state index contributed by atoms with van der Waals surface area (Å²) in [5.41, 5.74) is -2.66. The maximum Gasteiger partial charge on any atom is 0.0817 e. The third-order valence-corrected chi connectivity index (χ3v) is 10.2. The molecule has 0 radical (unpaired) electrons. The molecular formula is C28H50O13. The lowest BCUT2D eigenvalue weighted by Gasteiger charge is -2.48. The van der Waals surface area contributed by atoms with Crippen LogP contribution in [0.25, 0.3) is 0 Å². The maximum atomic E-state index is 10.1. The Bertz CT molecular complexity index is 701. The summed E-state index contributed by atoms with van der Waals surface area (Å²) in [7, 11) is 0. The molecule has 0 aromatic carbocycles. The van der Waals surface area contributed by atoms with Gasteiger partial charge in [0, 0.05) is 34.9 Å². The Morgan fingerprint density at radius 1 is 0.341 bits per heavy atom. The van der Waals surface area contributed by atoms with Gasteiger partial charge < -0.3 is 64.5 Å². The molecule has 6 rings (SSSR count). The van der Waals surface area contributed by atoms with Crippen molar-refractivity contribution in [2.75, 3.05) is 79.3 Å². The van der Waals surface area contributed by atoms with Crippen LogP contribution >= 0.6 is 0 Å². The van der Waals surface area contributed by atoms with Crippen LogP contribution in [-0.2, 0) is 28.4 Å². The number of epoxide rings is 6. The fraction of sp³-hybridized carbons (Fsp3) is 1.00. The molecule has 13 nitrogen and oxygen atoms in total. The third-order valence-electron chi connectivity index (χ3n) is 10.2. The molecule has 8 N–H and O–H groups in total. The summed E-state index contributed by atoms with van der Waals surface area (Å²) in [5, 5.41) is 60.1. The molecule has 0 saturated carbocycles. The average molecular weight is 595 g/mol. The first-order valence-corrected chi connectivity index (χ1v) is 14.7. The predicted octanol–water partition coefficient (Wildman–Crippen LogP) is -2.22. The van der Waals surface area contributed by atoms with Gasteiger partial charge in [0.15, 0.2) is 0 Å². The number of ether oxygens (including phenoxy) is 6. The van der Waals surface area contributed by atoms with Gasteiger partial charge in [-0.1, -0.05) is 0 Å². The Morgan fingerprint density at radius 2 is 0.488 bits per heavy atom. The van der Waals surface area contributed by atoms with Gasteiger partial charge in [0.25, 0.3) is 0 Å². The van der Waals surface area contributed by atoms with Gasteiger partial charge in [0.2, 0.25) is 0 Å². The lowest BCUT2D eigenvalue weighted by molar-refractivity contribution is -0.111. The summed E-state index contributed by atoms with van der Waals surface area (Å²) in [5.74, 6) is 0. The van der Waals surface area contributed by atoms with Gasteiger partial charge in [-0.05, 0) is 38.5 Å². The van der Waals surface area contributed by atoms with Crippen LogP contribution in [0.15, 0.2) is 0 Å². The average Bonchev–Trinajstić information content (AvgIpc) is 3.77. The van der Waals surface area contributed by atoms with Gasteiger partial charge in [-0.2, -0.15) is 0 Å². The molecule has 6 aliphatic rings. The van der Waals surface area contributed by atoms with Gasteiger partial charge in [0.05, 0.1) is 103 Å². The highest BCUT2D eigenvalue weighted by atomic mass is 16.6. The molecule has 0 amide bonds.